The number of nitrogens with zero attached hydrogens (tertiary/aromatic N) is 1. The van der Waals surface area contributed by atoms with Crippen LogP contribution in [-0.2, 0) is 43.5 Å². The Hall–Kier alpha value is -3.33. The summed E-state index contributed by atoms with van der Waals surface area (Å²) in [6, 6.07) is 7.87. The molecule has 0 aromatic heterocycles. The van der Waals surface area contributed by atoms with Crippen molar-refractivity contribution in [3.05, 3.63) is 70.8 Å². The number of hydrogen-bond donors (Lipinski definition) is 4. The number of rotatable bonds is 22. The van der Waals surface area contributed by atoms with Crippen LogP contribution >= 0.6 is 12.4 Å². The van der Waals surface area contributed by atoms with Crippen molar-refractivity contribution in [2.75, 3.05) is 32.0 Å². The molecule has 11 nitrogen and oxygen atoms in total. The Labute approximate surface area is 307 Å². The molecule has 0 saturated heterocycles. The lowest BCUT2D eigenvalue weighted by molar-refractivity contribution is -0.133. The third-order valence-electron chi connectivity index (χ3n) is 8.43. The van der Waals surface area contributed by atoms with Gasteiger partial charge in [0, 0.05) is 32.2 Å². The van der Waals surface area contributed by atoms with E-state index >= 15 is 0 Å². The second-order valence-corrected chi connectivity index (χ2v) is 14.7. The van der Waals surface area contributed by atoms with Crippen LogP contribution in [0.15, 0.2) is 42.5 Å². The van der Waals surface area contributed by atoms with Crippen LogP contribution in [0.4, 0.5) is 13.6 Å². The number of alkyl carbamates (subject to hydrolysis) is 1. The van der Waals surface area contributed by atoms with Gasteiger partial charge in [-0.05, 0) is 68.4 Å². The Morgan fingerprint density at radius 3 is 2.06 bits per heavy atom. The molecule has 0 radical (unpaired) electrons. The molecule has 3 atom stereocenters. The molecule has 0 aliphatic heterocycles. The van der Waals surface area contributed by atoms with Crippen molar-refractivity contribution in [1.82, 2.24) is 20.9 Å². The standard InChI is InChI=1S/C36H54F2N4O7S.ClH/c1-6-12-30(13-7-2)50(47,48)24-32(41-36(46)49-23-34(44)42(9-4)10-5)35(45)40-31(19-27-17-28(37)20-29(38)18-27)33(43)22-39-21-26-15-11-14-25(8-3)16-26;/h11,14-18,20,30-33,39,43H,6-10,12-13,19,21-24H2,1-5H3,(H,40,45)(H,41,46);1H/t31-,32+,33+;/m0./s1. The Kier molecular flexibility index (Phi) is 20.9. The number of sulfone groups is 1. The average Bonchev–Trinajstić information content (AvgIpc) is 3.06. The van der Waals surface area contributed by atoms with E-state index in [9.17, 15) is 36.7 Å². The van der Waals surface area contributed by atoms with Crippen LogP contribution in [0, 0.1) is 11.6 Å². The number of amides is 3. The lowest BCUT2D eigenvalue weighted by atomic mass is 10.00. The van der Waals surface area contributed by atoms with Gasteiger partial charge in [-0.3, -0.25) is 9.59 Å². The average molecular weight is 761 g/mol. The molecule has 2 aromatic carbocycles. The van der Waals surface area contributed by atoms with Gasteiger partial charge in [0.15, 0.2) is 16.4 Å². The fourth-order valence-electron chi connectivity index (χ4n) is 5.69. The zero-order chi connectivity index (χ0) is 37.3. The molecule has 51 heavy (non-hydrogen) atoms. The van der Waals surface area contributed by atoms with E-state index in [1.54, 1.807) is 13.8 Å². The fraction of sp³-hybridized carbons (Fsp3) is 0.583. The Balaban J connectivity index is 0.0000130. The summed E-state index contributed by atoms with van der Waals surface area (Å²) in [5.41, 5.74) is 2.23. The minimum atomic E-state index is -3.95. The molecule has 0 unspecified atom stereocenters. The van der Waals surface area contributed by atoms with Crippen molar-refractivity contribution in [2.24, 2.45) is 0 Å². The third-order valence-corrected chi connectivity index (χ3v) is 10.7. The smallest absolute Gasteiger partial charge is 0.408 e. The van der Waals surface area contributed by atoms with E-state index in [0.29, 0.717) is 51.4 Å². The van der Waals surface area contributed by atoms with Crippen LogP contribution in [0.25, 0.3) is 0 Å². The lowest BCUT2D eigenvalue weighted by Gasteiger charge is -2.28. The molecular weight excluding hydrogens is 706 g/mol. The van der Waals surface area contributed by atoms with Gasteiger partial charge < -0.3 is 30.7 Å². The van der Waals surface area contributed by atoms with Gasteiger partial charge in [0.2, 0.25) is 5.91 Å². The van der Waals surface area contributed by atoms with Crippen LogP contribution in [0.3, 0.4) is 0 Å². The second kappa shape index (κ2) is 23.3. The summed E-state index contributed by atoms with van der Waals surface area (Å²) in [6.45, 7) is 9.75. The number of hydrogen-bond acceptors (Lipinski definition) is 8. The van der Waals surface area contributed by atoms with Gasteiger partial charge in [-0.1, -0.05) is 57.9 Å². The number of aliphatic hydroxyl groups excluding tert-OH is 1. The molecule has 0 aliphatic rings. The summed E-state index contributed by atoms with van der Waals surface area (Å²) in [7, 11) is -3.95. The largest absolute Gasteiger partial charge is 0.439 e. The van der Waals surface area contributed by atoms with Gasteiger partial charge in [-0.15, -0.1) is 12.4 Å². The predicted octanol–water partition coefficient (Wildman–Crippen LogP) is 4.47. The highest BCUT2D eigenvalue weighted by atomic mass is 35.5. The zero-order valence-corrected chi connectivity index (χ0v) is 31.9. The zero-order valence-electron chi connectivity index (χ0n) is 30.3. The van der Waals surface area contributed by atoms with Crippen LogP contribution in [0.1, 0.15) is 77.0 Å². The lowest BCUT2D eigenvalue weighted by Crippen LogP contribution is -2.57. The quantitative estimate of drug-likeness (QED) is 0.137. The molecule has 4 N–H and O–H groups in total. The van der Waals surface area contributed by atoms with Gasteiger partial charge in [0.1, 0.15) is 17.7 Å². The van der Waals surface area contributed by atoms with E-state index in [-0.39, 0.29) is 30.9 Å². The number of benzene rings is 2. The first-order chi connectivity index (χ1) is 23.8. The molecule has 2 aromatic rings. The van der Waals surface area contributed by atoms with Gasteiger partial charge in [0.05, 0.1) is 23.1 Å². The Morgan fingerprint density at radius 2 is 1.49 bits per heavy atom. The minimum absolute atomic E-state index is 0. The molecule has 0 spiro atoms. The predicted molar refractivity (Wildman–Crippen MR) is 196 cm³/mol. The highest BCUT2D eigenvalue weighted by Gasteiger charge is 2.34. The molecule has 288 valence electrons. The summed E-state index contributed by atoms with van der Waals surface area (Å²) in [6.07, 6.45) is 0.0179. The minimum Gasteiger partial charge on any atom is -0.439 e. The van der Waals surface area contributed by atoms with Crippen molar-refractivity contribution in [1.29, 1.82) is 0 Å². The molecule has 0 saturated carbocycles. The highest BCUT2D eigenvalue weighted by molar-refractivity contribution is 7.92. The van der Waals surface area contributed by atoms with Gasteiger partial charge in [-0.25, -0.2) is 22.0 Å². The van der Waals surface area contributed by atoms with Crippen molar-refractivity contribution in [3.63, 3.8) is 0 Å². The maximum Gasteiger partial charge on any atom is 0.408 e. The van der Waals surface area contributed by atoms with E-state index in [1.165, 1.54) is 4.90 Å². The molecule has 15 heteroatoms. The normalized spacial score (nSPS) is 13.1. The molecule has 3 amide bonds. The number of ether oxygens (including phenoxy) is 1. The van der Waals surface area contributed by atoms with Gasteiger partial charge in [-0.2, -0.15) is 0 Å². The third kappa shape index (κ3) is 15.8. The van der Waals surface area contributed by atoms with Crippen molar-refractivity contribution >= 4 is 40.2 Å². The number of aryl methyl sites for hydroxylation is 1. The number of carbonyl (C=O) groups is 3. The second-order valence-electron chi connectivity index (χ2n) is 12.3. The van der Waals surface area contributed by atoms with Crippen LogP contribution in [-0.4, -0.2) is 91.8 Å². The molecule has 0 fully saturated rings. The van der Waals surface area contributed by atoms with Gasteiger partial charge in [0.25, 0.3) is 5.91 Å². The Morgan fingerprint density at radius 1 is 0.882 bits per heavy atom. The van der Waals surface area contributed by atoms with Crippen molar-refractivity contribution in [2.45, 2.75) is 103 Å². The Bertz CT molecular complexity index is 1470. The van der Waals surface area contributed by atoms with E-state index in [2.05, 4.69) is 16.0 Å². The molecule has 0 heterocycles. The van der Waals surface area contributed by atoms with E-state index in [0.717, 1.165) is 29.7 Å². The monoisotopic (exact) mass is 760 g/mol. The summed E-state index contributed by atoms with van der Waals surface area (Å²) in [5.74, 6) is -3.89. The number of carbonyl (C=O) groups excluding carboxylic acids is 3. The summed E-state index contributed by atoms with van der Waals surface area (Å²) in [4.78, 5) is 40.5. The molecule has 0 aliphatic carbocycles. The fourth-order valence-corrected chi connectivity index (χ4v) is 7.85. The molecule has 2 rings (SSSR count). The van der Waals surface area contributed by atoms with Crippen molar-refractivity contribution < 1.29 is 41.4 Å². The highest BCUT2D eigenvalue weighted by Crippen LogP contribution is 2.18. The summed E-state index contributed by atoms with van der Waals surface area (Å²) < 4.78 is 60.5. The number of likely N-dealkylation sites (N-methyl/N-ethyl adjacent to an activating group) is 1. The number of halogens is 3. The maximum absolute atomic E-state index is 14.1. The van der Waals surface area contributed by atoms with Gasteiger partial charge >= 0.3 is 6.09 Å². The van der Waals surface area contributed by atoms with E-state index in [4.69, 9.17) is 4.74 Å². The van der Waals surface area contributed by atoms with E-state index < -0.39 is 75.2 Å². The van der Waals surface area contributed by atoms with E-state index in [1.807, 2.05) is 45.0 Å². The van der Waals surface area contributed by atoms with Crippen LogP contribution < -0.4 is 16.0 Å². The first-order valence-electron chi connectivity index (χ1n) is 17.4. The maximum atomic E-state index is 14.1. The number of nitrogens with one attached hydrogen (secondary N) is 3. The topological polar surface area (TPSA) is 154 Å². The van der Waals surface area contributed by atoms with Crippen molar-refractivity contribution in [3.8, 4) is 0 Å². The molecule has 0 bridgehead atoms. The van der Waals surface area contributed by atoms with Crippen LogP contribution in [0.2, 0.25) is 0 Å². The SMILES string of the molecule is CCCC(CCC)S(=O)(=O)C[C@@H](NC(=O)OCC(=O)N(CC)CC)C(=O)N[C@@H](Cc1cc(F)cc(F)c1)[C@H](O)CNCc1cccc(CC)c1.Cl. The molecular formula is C36H55ClF2N4O7S. The first kappa shape index (κ1) is 45.7. The summed E-state index contributed by atoms with van der Waals surface area (Å²) >= 11 is 0. The number of aliphatic hydroxyl groups is 1. The first-order valence-corrected chi connectivity index (χ1v) is 19.1. The van der Waals surface area contributed by atoms with Crippen LogP contribution in [0.5, 0.6) is 0 Å². The summed E-state index contributed by atoms with van der Waals surface area (Å²) in [5, 5.41) is 18.6.